The van der Waals surface area contributed by atoms with Crippen LogP contribution in [0.25, 0.3) is 83.5 Å². The summed E-state index contributed by atoms with van der Waals surface area (Å²) in [4.78, 5) is 20.5. The molecule has 0 aliphatic heterocycles. The van der Waals surface area contributed by atoms with Crippen molar-refractivity contribution in [2.24, 2.45) is 0 Å². The first-order chi connectivity index (χ1) is 22.3. The third-order valence-electron chi connectivity index (χ3n) is 8.45. The molecule has 0 aliphatic rings. The molecule has 0 aliphatic carbocycles. The van der Waals surface area contributed by atoms with Crippen LogP contribution in [-0.2, 0) is 0 Å². The highest BCUT2D eigenvalue weighted by atomic mass is 15.1. The van der Waals surface area contributed by atoms with Gasteiger partial charge in [-0.15, -0.1) is 0 Å². The van der Waals surface area contributed by atoms with Crippen LogP contribution in [-0.4, -0.2) is 24.5 Å². The van der Waals surface area contributed by atoms with E-state index in [0.29, 0.717) is 23.3 Å². The molecule has 210 valence electrons. The van der Waals surface area contributed by atoms with Crippen molar-refractivity contribution in [1.82, 2.24) is 24.5 Å². The number of rotatable bonds is 4. The highest BCUT2D eigenvalue weighted by Gasteiger charge is 2.21. The van der Waals surface area contributed by atoms with Crippen molar-refractivity contribution < 1.29 is 0 Å². The second-order valence-corrected chi connectivity index (χ2v) is 11.1. The minimum Gasteiger partial charge on any atom is -0.290 e. The summed E-state index contributed by atoms with van der Waals surface area (Å²) < 4.78 is 2.13. The van der Waals surface area contributed by atoms with E-state index in [0.717, 1.165) is 33.2 Å². The van der Waals surface area contributed by atoms with Gasteiger partial charge >= 0.3 is 0 Å². The molecule has 45 heavy (non-hydrogen) atoms. The van der Waals surface area contributed by atoms with E-state index in [4.69, 9.17) is 19.9 Å². The average molecular weight is 576 g/mol. The Morgan fingerprint density at radius 1 is 0.378 bits per heavy atom. The molecule has 7 aromatic carbocycles. The van der Waals surface area contributed by atoms with Crippen LogP contribution < -0.4 is 0 Å². The molecule has 0 fully saturated rings. The number of fused-ring (bicyclic) bond motifs is 7. The quantitative estimate of drug-likeness (QED) is 0.196. The van der Waals surface area contributed by atoms with Crippen molar-refractivity contribution in [3.05, 3.63) is 152 Å². The van der Waals surface area contributed by atoms with E-state index in [1.54, 1.807) is 0 Å². The molecule has 2 heterocycles. The molecular weight excluding hydrogens is 550 g/mol. The largest absolute Gasteiger partial charge is 0.290 e. The minimum atomic E-state index is 0.515. The topological polar surface area (TPSA) is 56.5 Å². The van der Waals surface area contributed by atoms with Crippen molar-refractivity contribution in [2.75, 3.05) is 0 Å². The lowest BCUT2D eigenvalue weighted by atomic mass is 9.91. The van der Waals surface area contributed by atoms with Crippen molar-refractivity contribution in [2.45, 2.75) is 0 Å². The lowest BCUT2D eigenvalue weighted by molar-refractivity contribution is 1.01. The Kier molecular flexibility index (Phi) is 5.74. The van der Waals surface area contributed by atoms with Crippen molar-refractivity contribution in [3.8, 4) is 40.1 Å². The Morgan fingerprint density at radius 2 is 0.911 bits per heavy atom. The van der Waals surface area contributed by atoms with Gasteiger partial charge in [-0.05, 0) is 51.2 Å². The highest BCUT2D eigenvalue weighted by molar-refractivity contribution is 6.28. The lowest BCUT2D eigenvalue weighted by Gasteiger charge is -2.15. The molecule has 0 spiro atoms. The van der Waals surface area contributed by atoms with Crippen LogP contribution in [0.1, 0.15) is 0 Å². The summed E-state index contributed by atoms with van der Waals surface area (Å²) in [7, 11) is 0. The van der Waals surface area contributed by atoms with E-state index in [1.807, 2.05) is 66.7 Å². The van der Waals surface area contributed by atoms with Gasteiger partial charge in [-0.1, -0.05) is 127 Å². The van der Waals surface area contributed by atoms with Crippen LogP contribution in [0.4, 0.5) is 0 Å². The normalized spacial score (nSPS) is 11.6. The molecule has 5 heteroatoms. The molecule has 0 radical (unpaired) electrons. The number of hydrogen-bond acceptors (Lipinski definition) is 4. The van der Waals surface area contributed by atoms with E-state index in [-0.39, 0.29) is 0 Å². The van der Waals surface area contributed by atoms with Gasteiger partial charge in [0.2, 0.25) is 0 Å². The molecule has 0 N–H and O–H groups in total. The van der Waals surface area contributed by atoms with Gasteiger partial charge in [0, 0.05) is 22.2 Å². The van der Waals surface area contributed by atoms with Gasteiger partial charge in [-0.3, -0.25) is 4.57 Å². The fourth-order valence-electron chi connectivity index (χ4n) is 6.47. The second kappa shape index (κ2) is 10.2. The highest BCUT2D eigenvalue weighted by Crippen LogP contribution is 2.40. The van der Waals surface area contributed by atoms with Gasteiger partial charge in [-0.25, -0.2) is 19.9 Å². The van der Waals surface area contributed by atoms with Crippen molar-refractivity contribution >= 4 is 43.4 Å². The Bertz CT molecular complexity index is 2490. The zero-order chi connectivity index (χ0) is 29.7. The number of hydrogen-bond donors (Lipinski definition) is 0. The smallest absolute Gasteiger partial charge is 0.200 e. The van der Waals surface area contributed by atoms with Crippen LogP contribution >= 0.6 is 0 Å². The Balaban J connectivity index is 1.39. The van der Waals surface area contributed by atoms with E-state index >= 15 is 0 Å². The molecule has 0 bridgehead atoms. The standard InChI is InChI=1S/C40H25N5/c1-3-14-26(15-4-1)37-42-38(33-23-13-22-32-30-19-8-7-18-28(30)29-20-9-10-21-31(29)36(32)33)44-39(43-37)40-41-34-24-11-12-25-35(34)45(40)27-16-5-2-6-17-27/h1-25H. The Labute approximate surface area is 259 Å². The third kappa shape index (κ3) is 4.09. The van der Waals surface area contributed by atoms with Crippen LogP contribution in [0, 0.1) is 0 Å². The number of benzene rings is 7. The monoisotopic (exact) mass is 575 g/mol. The van der Waals surface area contributed by atoms with Gasteiger partial charge in [0.25, 0.3) is 0 Å². The van der Waals surface area contributed by atoms with Gasteiger partial charge in [0.05, 0.1) is 11.0 Å². The SMILES string of the molecule is c1ccc(-c2nc(-c3cccc4c5ccccc5c5ccccc5c34)nc(-c3nc4ccccc4n3-c3ccccc3)n2)cc1. The van der Waals surface area contributed by atoms with Crippen LogP contribution in [0.15, 0.2) is 152 Å². The van der Waals surface area contributed by atoms with Crippen molar-refractivity contribution in [1.29, 1.82) is 0 Å². The summed E-state index contributed by atoms with van der Waals surface area (Å²) in [5.74, 6) is 2.39. The molecule has 9 aromatic rings. The minimum absolute atomic E-state index is 0.515. The van der Waals surface area contributed by atoms with E-state index in [1.165, 1.54) is 26.9 Å². The average Bonchev–Trinajstić information content (AvgIpc) is 3.52. The molecule has 0 saturated carbocycles. The molecular formula is C40H25N5. The fourth-order valence-corrected chi connectivity index (χ4v) is 6.47. The van der Waals surface area contributed by atoms with Gasteiger partial charge in [-0.2, -0.15) is 0 Å². The maximum absolute atomic E-state index is 5.21. The number of nitrogens with zero attached hydrogens (tertiary/aromatic N) is 5. The number of imidazole rings is 1. The van der Waals surface area contributed by atoms with E-state index < -0.39 is 0 Å². The number of aromatic nitrogens is 5. The predicted molar refractivity (Wildman–Crippen MR) is 183 cm³/mol. The third-order valence-corrected chi connectivity index (χ3v) is 8.45. The summed E-state index contributed by atoms with van der Waals surface area (Å²) >= 11 is 0. The lowest BCUT2D eigenvalue weighted by Crippen LogP contribution is -2.05. The maximum atomic E-state index is 5.21. The molecule has 0 amide bonds. The Morgan fingerprint density at radius 3 is 1.64 bits per heavy atom. The first-order valence-corrected chi connectivity index (χ1v) is 15.0. The molecule has 9 rings (SSSR count). The fraction of sp³-hybridized carbons (Fsp3) is 0. The molecule has 0 unspecified atom stereocenters. The Hall–Kier alpha value is -6.20. The zero-order valence-electron chi connectivity index (χ0n) is 24.2. The molecule has 0 saturated heterocycles. The van der Waals surface area contributed by atoms with Crippen molar-refractivity contribution in [3.63, 3.8) is 0 Å². The zero-order valence-corrected chi connectivity index (χ0v) is 24.2. The summed E-state index contributed by atoms with van der Waals surface area (Å²) in [5, 5.41) is 7.10. The van der Waals surface area contributed by atoms with Gasteiger partial charge in [0.1, 0.15) is 0 Å². The summed E-state index contributed by atoms with van der Waals surface area (Å²) in [6, 6.07) is 52.1. The van der Waals surface area contributed by atoms with E-state index in [2.05, 4.69) is 89.5 Å². The van der Waals surface area contributed by atoms with Gasteiger partial charge < -0.3 is 0 Å². The molecule has 0 atom stereocenters. The summed E-state index contributed by atoms with van der Waals surface area (Å²) in [5.41, 5.74) is 4.73. The molecule has 5 nitrogen and oxygen atoms in total. The molecule has 2 aromatic heterocycles. The first-order valence-electron chi connectivity index (χ1n) is 15.0. The summed E-state index contributed by atoms with van der Waals surface area (Å²) in [6.07, 6.45) is 0. The van der Waals surface area contributed by atoms with Crippen LogP contribution in [0.2, 0.25) is 0 Å². The second-order valence-electron chi connectivity index (χ2n) is 11.1. The maximum Gasteiger partial charge on any atom is 0.200 e. The van der Waals surface area contributed by atoms with Gasteiger partial charge in [0.15, 0.2) is 23.3 Å². The first kappa shape index (κ1) is 25.3. The number of para-hydroxylation sites is 3. The van der Waals surface area contributed by atoms with E-state index in [9.17, 15) is 0 Å². The predicted octanol–water partition coefficient (Wildman–Crippen LogP) is 9.67. The van der Waals surface area contributed by atoms with Crippen LogP contribution in [0.3, 0.4) is 0 Å². The summed E-state index contributed by atoms with van der Waals surface area (Å²) in [6.45, 7) is 0. The van der Waals surface area contributed by atoms with Crippen LogP contribution in [0.5, 0.6) is 0 Å².